The van der Waals surface area contributed by atoms with E-state index in [9.17, 15) is 0 Å². The van der Waals surface area contributed by atoms with E-state index in [-0.39, 0.29) is 0 Å². The van der Waals surface area contributed by atoms with Crippen LogP contribution in [0.4, 0.5) is 0 Å². The summed E-state index contributed by atoms with van der Waals surface area (Å²) in [6.07, 6.45) is 5.77. The highest BCUT2D eigenvalue weighted by molar-refractivity contribution is 9.10. The number of rotatable bonds is 3. The van der Waals surface area contributed by atoms with Crippen LogP contribution in [0.2, 0.25) is 0 Å². The van der Waals surface area contributed by atoms with Crippen LogP contribution in [0.25, 0.3) is 0 Å². The zero-order valence-electron chi connectivity index (χ0n) is 7.51. The molecule has 0 aromatic heterocycles. The molecule has 0 aliphatic carbocycles. The van der Waals surface area contributed by atoms with Crippen LogP contribution >= 0.6 is 15.9 Å². The Morgan fingerprint density at radius 2 is 2.31 bits per heavy atom. The number of aryl methyl sites for hydroxylation is 1. The summed E-state index contributed by atoms with van der Waals surface area (Å²) < 4.78 is 6.53. The van der Waals surface area contributed by atoms with Crippen LogP contribution in [0.5, 0.6) is 5.75 Å². The number of halogens is 1. The predicted molar refractivity (Wildman–Crippen MR) is 57.8 cm³/mol. The van der Waals surface area contributed by atoms with E-state index in [1.165, 1.54) is 0 Å². The molecule has 1 aromatic rings. The third kappa shape index (κ3) is 3.12. The van der Waals surface area contributed by atoms with Gasteiger partial charge in [0.25, 0.3) is 0 Å². The second-order valence-corrected chi connectivity index (χ2v) is 3.63. The fourth-order valence-electron chi connectivity index (χ4n) is 0.995. The Labute approximate surface area is 87.2 Å². The SMILES string of the molecule is C#CCCOc1ccc(Br)cc1C. The topological polar surface area (TPSA) is 9.23 Å². The van der Waals surface area contributed by atoms with Crippen molar-refractivity contribution in [2.75, 3.05) is 6.61 Å². The third-order valence-electron chi connectivity index (χ3n) is 1.64. The van der Waals surface area contributed by atoms with Crippen LogP contribution in [-0.2, 0) is 0 Å². The first-order chi connectivity index (χ1) is 6.24. The van der Waals surface area contributed by atoms with Crippen molar-refractivity contribution in [3.63, 3.8) is 0 Å². The van der Waals surface area contributed by atoms with Crippen molar-refractivity contribution < 1.29 is 4.74 Å². The van der Waals surface area contributed by atoms with E-state index >= 15 is 0 Å². The molecule has 0 aliphatic rings. The van der Waals surface area contributed by atoms with Crippen LogP contribution in [0.15, 0.2) is 22.7 Å². The molecule has 0 saturated heterocycles. The molecule has 1 aromatic carbocycles. The Balaban J connectivity index is 2.62. The largest absolute Gasteiger partial charge is 0.492 e. The molecule has 0 radical (unpaired) electrons. The Bertz CT molecular complexity index is 325. The third-order valence-corrected chi connectivity index (χ3v) is 2.13. The van der Waals surface area contributed by atoms with Gasteiger partial charge in [-0.2, -0.15) is 0 Å². The van der Waals surface area contributed by atoms with E-state index in [1.54, 1.807) is 0 Å². The molecule has 1 rings (SSSR count). The van der Waals surface area contributed by atoms with E-state index in [0.29, 0.717) is 13.0 Å². The van der Waals surface area contributed by atoms with Crippen molar-refractivity contribution >= 4 is 15.9 Å². The second-order valence-electron chi connectivity index (χ2n) is 2.71. The van der Waals surface area contributed by atoms with Crippen LogP contribution in [-0.4, -0.2) is 6.61 Å². The van der Waals surface area contributed by atoms with Gasteiger partial charge in [-0.25, -0.2) is 0 Å². The molecule has 0 fully saturated rings. The molecule has 0 unspecified atom stereocenters. The van der Waals surface area contributed by atoms with Crippen LogP contribution in [0, 0.1) is 19.3 Å². The second kappa shape index (κ2) is 4.94. The van der Waals surface area contributed by atoms with Crippen molar-refractivity contribution in [1.29, 1.82) is 0 Å². The quantitative estimate of drug-likeness (QED) is 0.581. The minimum Gasteiger partial charge on any atom is -0.492 e. The summed E-state index contributed by atoms with van der Waals surface area (Å²) in [6, 6.07) is 5.92. The van der Waals surface area contributed by atoms with Gasteiger partial charge in [-0.1, -0.05) is 15.9 Å². The molecular formula is C11H11BrO. The highest BCUT2D eigenvalue weighted by Gasteiger charge is 1.98. The predicted octanol–water partition coefficient (Wildman–Crippen LogP) is 3.16. The first-order valence-electron chi connectivity index (χ1n) is 4.06. The molecule has 0 bridgehead atoms. The monoisotopic (exact) mass is 238 g/mol. The van der Waals surface area contributed by atoms with E-state index in [4.69, 9.17) is 11.2 Å². The first kappa shape index (κ1) is 10.1. The Morgan fingerprint density at radius 1 is 1.54 bits per heavy atom. The minimum atomic E-state index is 0.582. The molecule has 0 aliphatic heterocycles. The van der Waals surface area contributed by atoms with Gasteiger partial charge in [0.15, 0.2) is 0 Å². The standard InChI is InChI=1S/C11H11BrO/c1-3-4-7-13-11-6-5-10(12)8-9(11)2/h1,5-6,8H,4,7H2,2H3. The van der Waals surface area contributed by atoms with Gasteiger partial charge in [-0.3, -0.25) is 0 Å². The van der Waals surface area contributed by atoms with Gasteiger partial charge in [0.2, 0.25) is 0 Å². The lowest BCUT2D eigenvalue weighted by Gasteiger charge is -2.07. The van der Waals surface area contributed by atoms with Gasteiger partial charge in [0.1, 0.15) is 5.75 Å². The molecule has 68 valence electrons. The molecule has 0 heterocycles. The van der Waals surface area contributed by atoms with Crippen molar-refractivity contribution in [3.05, 3.63) is 28.2 Å². The fourth-order valence-corrected chi connectivity index (χ4v) is 1.47. The van der Waals surface area contributed by atoms with Crippen LogP contribution < -0.4 is 4.74 Å². The lowest BCUT2D eigenvalue weighted by Crippen LogP contribution is -1.97. The van der Waals surface area contributed by atoms with E-state index < -0.39 is 0 Å². The Morgan fingerprint density at radius 3 is 2.92 bits per heavy atom. The highest BCUT2D eigenvalue weighted by atomic mass is 79.9. The van der Waals surface area contributed by atoms with Crippen molar-refractivity contribution in [2.24, 2.45) is 0 Å². The summed E-state index contributed by atoms with van der Waals surface area (Å²) >= 11 is 3.39. The van der Waals surface area contributed by atoms with Gasteiger partial charge in [0, 0.05) is 10.9 Å². The molecule has 0 amide bonds. The lowest BCUT2D eigenvalue weighted by molar-refractivity contribution is 0.325. The zero-order valence-corrected chi connectivity index (χ0v) is 9.10. The summed E-state index contributed by atoms with van der Waals surface area (Å²) in [5.41, 5.74) is 1.12. The van der Waals surface area contributed by atoms with Crippen LogP contribution in [0.3, 0.4) is 0 Å². The average Bonchev–Trinajstić information content (AvgIpc) is 2.09. The molecular weight excluding hydrogens is 228 g/mol. The highest BCUT2D eigenvalue weighted by Crippen LogP contribution is 2.21. The average molecular weight is 239 g/mol. The Kier molecular flexibility index (Phi) is 3.85. The molecule has 0 spiro atoms. The van der Waals surface area contributed by atoms with E-state index in [1.807, 2.05) is 25.1 Å². The maximum atomic E-state index is 5.47. The molecule has 0 saturated carbocycles. The smallest absolute Gasteiger partial charge is 0.122 e. The van der Waals surface area contributed by atoms with Crippen molar-refractivity contribution in [1.82, 2.24) is 0 Å². The molecule has 0 N–H and O–H groups in total. The van der Waals surface area contributed by atoms with E-state index in [0.717, 1.165) is 15.8 Å². The lowest BCUT2D eigenvalue weighted by atomic mass is 10.2. The maximum absolute atomic E-state index is 5.47. The number of terminal acetylenes is 1. The summed E-state index contributed by atoms with van der Waals surface area (Å²) in [7, 11) is 0. The fraction of sp³-hybridized carbons (Fsp3) is 0.273. The van der Waals surface area contributed by atoms with Gasteiger partial charge in [-0.05, 0) is 30.7 Å². The van der Waals surface area contributed by atoms with Gasteiger partial charge in [-0.15, -0.1) is 12.3 Å². The summed E-state index contributed by atoms with van der Waals surface area (Å²) in [5.74, 6) is 3.44. The number of hydrogen-bond donors (Lipinski definition) is 0. The normalized spacial score (nSPS) is 9.31. The zero-order chi connectivity index (χ0) is 9.68. The molecule has 13 heavy (non-hydrogen) atoms. The summed E-state index contributed by atoms with van der Waals surface area (Å²) in [5, 5.41) is 0. The number of ether oxygens (including phenoxy) is 1. The first-order valence-corrected chi connectivity index (χ1v) is 4.86. The van der Waals surface area contributed by atoms with Gasteiger partial charge in [0.05, 0.1) is 6.61 Å². The summed E-state index contributed by atoms with van der Waals surface area (Å²) in [4.78, 5) is 0. The number of hydrogen-bond acceptors (Lipinski definition) is 1. The maximum Gasteiger partial charge on any atom is 0.122 e. The number of benzene rings is 1. The Hall–Kier alpha value is -0.940. The molecule has 1 nitrogen and oxygen atoms in total. The van der Waals surface area contributed by atoms with Crippen molar-refractivity contribution in [3.8, 4) is 18.1 Å². The van der Waals surface area contributed by atoms with E-state index in [2.05, 4.69) is 21.9 Å². The summed E-state index contributed by atoms with van der Waals surface area (Å²) in [6.45, 7) is 2.59. The van der Waals surface area contributed by atoms with Gasteiger partial charge < -0.3 is 4.74 Å². The molecule has 0 atom stereocenters. The minimum absolute atomic E-state index is 0.582. The van der Waals surface area contributed by atoms with Gasteiger partial charge >= 0.3 is 0 Å². The van der Waals surface area contributed by atoms with Crippen LogP contribution in [0.1, 0.15) is 12.0 Å². The van der Waals surface area contributed by atoms with Crippen molar-refractivity contribution in [2.45, 2.75) is 13.3 Å². The molecule has 2 heteroatoms.